The van der Waals surface area contributed by atoms with Gasteiger partial charge in [-0.05, 0) is 6.08 Å². The highest BCUT2D eigenvalue weighted by molar-refractivity contribution is 5.42. The SMILES string of the molecule is NCC=Cc1c[nH]c(=O)cn1. The summed E-state index contributed by atoms with van der Waals surface area (Å²) < 4.78 is 0. The molecule has 0 aliphatic rings. The van der Waals surface area contributed by atoms with Crippen molar-refractivity contribution in [3.8, 4) is 0 Å². The van der Waals surface area contributed by atoms with Gasteiger partial charge in [0.05, 0.1) is 11.9 Å². The first-order valence-corrected chi connectivity index (χ1v) is 3.24. The predicted octanol–water partition coefficient (Wildman–Crippen LogP) is -0.258. The normalized spacial score (nSPS) is 10.6. The quantitative estimate of drug-likeness (QED) is 0.611. The molecule has 11 heavy (non-hydrogen) atoms. The summed E-state index contributed by atoms with van der Waals surface area (Å²) in [6.07, 6.45) is 6.28. The summed E-state index contributed by atoms with van der Waals surface area (Å²) in [5.41, 5.74) is 5.72. The zero-order valence-electron chi connectivity index (χ0n) is 5.95. The standard InChI is InChI=1S/C7H9N3O/c8-3-1-2-6-4-10-7(11)5-9-6/h1-2,4-5H,3,8H2,(H,10,11). The molecule has 1 rings (SSSR count). The number of nitrogens with two attached hydrogens (primary N) is 1. The number of rotatable bonds is 2. The maximum absolute atomic E-state index is 10.5. The van der Waals surface area contributed by atoms with E-state index in [2.05, 4.69) is 9.97 Å². The fourth-order valence-corrected chi connectivity index (χ4v) is 0.633. The van der Waals surface area contributed by atoms with E-state index in [4.69, 9.17) is 5.73 Å². The highest BCUT2D eigenvalue weighted by Gasteiger charge is 1.85. The maximum Gasteiger partial charge on any atom is 0.266 e. The lowest BCUT2D eigenvalue weighted by Gasteiger charge is -1.88. The molecule has 0 aliphatic carbocycles. The number of hydrogen-bond donors (Lipinski definition) is 2. The van der Waals surface area contributed by atoms with Gasteiger partial charge in [0.1, 0.15) is 0 Å². The van der Waals surface area contributed by atoms with Gasteiger partial charge in [0.25, 0.3) is 5.56 Å². The number of H-pyrrole nitrogens is 1. The van der Waals surface area contributed by atoms with Gasteiger partial charge in [-0.2, -0.15) is 0 Å². The third-order valence-electron chi connectivity index (χ3n) is 1.12. The van der Waals surface area contributed by atoms with Crippen LogP contribution in [0.15, 0.2) is 23.3 Å². The molecule has 0 aromatic carbocycles. The van der Waals surface area contributed by atoms with Crippen LogP contribution in [-0.2, 0) is 0 Å². The van der Waals surface area contributed by atoms with Gasteiger partial charge < -0.3 is 10.7 Å². The van der Waals surface area contributed by atoms with Crippen molar-refractivity contribution in [2.24, 2.45) is 5.73 Å². The molecule has 0 saturated heterocycles. The Hall–Kier alpha value is -1.42. The van der Waals surface area contributed by atoms with E-state index in [0.717, 1.165) is 0 Å². The highest BCUT2D eigenvalue weighted by atomic mass is 16.1. The van der Waals surface area contributed by atoms with E-state index in [1.54, 1.807) is 12.2 Å². The molecule has 0 saturated carbocycles. The van der Waals surface area contributed by atoms with Crippen LogP contribution in [0.5, 0.6) is 0 Å². The van der Waals surface area contributed by atoms with Crippen molar-refractivity contribution in [3.63, 3.8) is 0 Å². The Labute approximate surface area is 63.8 Å². The van der Waals surface area contributed by atoms with Crippen molar-refractivity contribution in [2.45, 2.75) is 0 Å². The largest absolute Gasteiger partial charge is 0.327 e. The van der Waals surface area contributed by atoms with Crippen LogP contribution >= 0.6 is 0 Å². The summed E-state index contributed by atoms with van der Waals surface area (Å²) in [6.45, 7) is 0.473. The predicted molar refractivity (Wildman–Crippen MR) is 42.9 cm³/mol. The van der Waals surface area contributed by atoms with E-state index in [9.17, 15) is 4.79 Å². The van der Waals surface area contributed by atoms with Crippen LogP contribution in [0, 0.1) is 0 Å². The number of nitrogens with one attached hydrogen (secondary N) is 1. The Balaban J connectivity index is 2.82. The Morgan fingerprint density at radius 3 is 3.09 bits per heavy atom. The highest BCUT2D eigenvalue weighted by Crippen LogP contribution is 1.89. The van der Waals surface area contributed by atoms with Gasteiger partial charge in [-0.15, -0.1) is 0 Å². The second-order valence-electron chi connectivity index (χ2n) is 1.97. The fourth-order valence-electron chi connectivity index (χ4n) is 0.633. The van der Waals surface area contributed by atoms with Gasteiger partial charge in [-0.25, -0.2) is 4.98 Å². The van der Waals surface area contributed by atoms with Crippen molar-refractivity contribution >= 4 is 6.08 Å². The summed E-state index contributed by atoms with van der Waals surface area (Å²) in [5, 5.41) is 0. The summed E-state index contributed by atoms with van der Waals surface area (Å²) in [5.74, 6) is 0. The Morgan fingerprint density at radius 2 is 2.55 bits per heavy atom. The minimum Gasteiger partial charge on any atom is -0.327 e. The van der Waals surface area contributed by atoms with Crippen molar-refractivity contribution in [3.05, 3.63) is 34.5 Å². The summed E-state index contributed by atoms with van der Waals surface area (Å²) in [4.78, 5) is 16.9. The Morgan fingerprint density at radius 1 is 1.73 bits per heavy atom. The molecule has 4 heteroatoms. The number of aromatic nitrogens is 2. The summed E-state index contributed by atoms with van der Waals surface area (Å²) in [7, 11) is 0. The summed E-state index contributed by atoms with van der Waals surface area (Å²) >= 11 is 0. The smallest absolute Gasteiger partial charge is 0.266 e. The van der Waals surface area contributed by atoms with E-state index >= 15 is 0 Å². The van der Waals surface area contributed by atoms with Crippen LogP contribution in [-0.4, -0.2) is 16.5 Å². The molecule has 0 fully saturated rings. The zero-order chi connectivity index (χ0) is 8.10. The first kappa shape index (κ1) is 7.68. The molecule has 0 atom stereocenters. The average molecular weight is 151 g/mol. The average Bonchev–Trinajstić information content (AvgIpc) is 2.04. The lowest BCUT2D eigenvalue weighted by molar-refractivity contribution is 1.12. The Kier molecular flexibility index (Phi) is 2.57. The molecule has 58 valence electrons. The van der Waals surface area contributed by atoms with Crippen molar-refractivity contribution in [1.82, 2.24) is 9.97 Å². The molecule has 0 aliphatic heterocycles. The van der Waals surface area contributed by atoms with Crippen molar-refractivity contribution in [2.75, 3.05) is 6.54 Å². The van der Waals surface area contributed by atoms with Gasteiger partial charge in [0.15, 0.2) is 0 Å². The van der Waals surface area contributed by atoms with Gasteiger partial charge in [-0.1, -0.05) is 6.08 Å². The third kappa shape index (κ3) is 2.35. The van der Waals surface area contributed by atoms with E-state index in [0.29, 0.717) is 12.2 Å². The zero-order valence-corrected chi connectivity index (χ0v) is 5.95. The van der Waals surface area contributed by atoms with Gasteiger partial charge in [0, 0.05) is 12.7 Å². The van der Waals surface area contributed by atoms with Crippen molar-refractivity contribution in [1.29, 1.82) is 0 Å². The van der Waals surface area contributed by atoms with Crippen molar-refractivity contribution < 1.29 is 0 Å². The van der Waals surface area contributed by atoms with Crippen LogP contribution in [0.3, 0.4) is 0 Å². The van der Waals surface area contributed by atoms with E-state index < -0.39 is 0 Å². The molecule has 1 aromatic heterocycles. The molecule has 0 amide bonds. The molecule has 0 radical (unpaired) electrons. The molecule has 0 spiro atoms. The summed E-state index contributed by atoms with van der Waals surface area (Å²) in [6, 6.07) is 0. The van der Waals surface area contributed by atoms with Crippen LogP contribution in [0.4, 0.5) is 0 Å². The number of hydrogen-bond acceptors (Lipinski definition) is 3. The van der Waals surface area contributed by atoms with Gasteiger partial charge in [-0.3, -0.25) is 4.79 Å². The number of nitrogens with zero attached hydrogens (tertiary/aromatic N) is 1. The maximum atomic E-state index is 10.5. The van der Waals surface area contributed by atoms with Gasteiger partial charge >= 0.3 is 0 Å². The third-order valence-corrected chi connectivity index (χ3v) is 1.12. The first-order valence-electron chi connectivity index (χ1n) is 3.24. The minimum absolute atomic E-state index is 0.199. The van der Waals surface area contributed by atoms with E-state index in [-0.39, 0.29) is 5.56 Å². The molecule has 0 bridgehead atoms. The number of aromatic amines is 1. The topological polar surface area (TPSA) is 71.8 Å². The van der Waals surface area contributed by atoms with E-state index in [1.165, 1.54) is 12.4 Å². The fraction of sp³-hybridized carbons (Fsp3) is 0.143. The minimum atomic E-state index is -0.199. The Bertz CT molecular complexity index is 282. The van der Waals surface area contributed by atoms with Crippen LogP contribution in [0.1, 0.15) is 5.69 Å². The lowest BCUT2D eigenvalue weighted by atomic mass is 10.4. The molecule has 0 unspecified atom stereocenters. The monoisotopic (exact) mass is 151 g/mol. The first-order chi connectivity index (χ1) is 5.33. The van der Waals surface area contributed by atoms with Crippen LogP contribution in [0.25, 0.3) is 6.08 Å². The molecule has 1 heterocycles. The second-order valence-corrected chi connectivity index (χ2v) is 1.97. The van der Waals surface area contributed by atoms with Crippen LogP contribution in [0.2, 0.25) is 0 Å². The molecular weight excluding hydrogens is 142 g/mol. The molecule has 4 nitrogen and oxygen atoms in total. The van der Waals surface area contributed by atoms with Crippen LogP contribution < -0.4 is 11.3 Å². The lowest BCUT2D eigenvalue weighted by Crippen LogP contribution is -2.04. The molecular formula is C7H9N3O. The van der Waals surface area contributed by atoms with Gasteiger partial charge in [0.2, 0.25) is 0 Å². The second kappa shape index (κ2) is 3.68. The molecule has 3 N–H and O–H groups in total. The molecule has 1 aromatic rings. The van der Waals surface area contributed by atoms with E-state index in [1.807, 2.05) is 0 Å².